The van der Waals surface area contributed by atoms with Crippen LogP contribution in [0.1, 0.15) is 40.0 Å². The predicted molar refractivity (Wildman–Crippen MR) is 97.2 cm³/mol. The van der Waals surface area contributed by atoms with Crippen LogP contribution >= 0.6 is 0 Å². The fraction of sp³-hybridized carbons (Fsp3) is 0.368. The van der Waals surface area contributed by atoms with Crippen molar-refractivity contribution in [2.24, 2.45) is 7.05 Å². The van der Waals surface area contributed by atoms with E-state index >= 15 is 0 Å². The van der Waals surface area contributed by atoms with Crippen molar-refractivity contribution in [3.05, 3.63) is 63.1 Å². The van der Waals surface area contributed by atoms with Crippen LogP contribution in [-0.4, -0.2) is 32.8 Å². The topological polar surface area (TPSA) is 101 Å². The number of carboxylic acids is 1. The van der Waals surface area contributed by atoms with Gasteiger partial charge in [-0.3, -0.25) is 14.4 Å². The summed E-state index contributed by atoms with van der Waals surface area (Å²) in [5.41, 5.74) is 1.69. The summed E-state index contributed by atoms with van der Waals surface area (Å²) in [7, 11) is 1.50. The molecular weight excluding hydrogens is 334 g/mol. The summed E-state index contributed by atoms with van der Waals surface area (Å²) in [5, 5.41) is 15.9. The van der Waals surface area contributed by atoms with Gasteiger partial charge in [0, 0.05) is 19.5 Å². The number of carbonyl (C=O) groups is 2. The molecule has 26 heavy (non-hydrogen) atoms. The summed E-state index contributed by atoms with van der Waals surface area (Å²) in [6.07, 6.45) is 0.701. The van der Waals surface area contributed by atoms with Crippen LogP contribution in [0.3, 0.4) is 0 Å². The van der Waals surface area contributed by atoms with E-state index in [2.05, 4.69) is 10.4 Å². The van der Waals surface area contributed by atoms with Gasteiger partial charge in [0.05, 0.1) is 5.69 Å². The third-order valence-corrected chi connectivity index (χ3v) is 4.32. The number of amides is 1. The number of rotatable bonds is 7. The smallest absolute Gasteiger partial charge is 0.303 e. The van der Waals surface area contributed by atoms with Crippen LogP contribution in [0, 0.1) is 13.8 Å². The fourth-order valence-electron chi connectivity index (χ4n) is 2.80. The lowest BCUT2D eigenvalue weighted by atomic mass is 10.0. The first kappa shape index (κ1) is 19.4. The van der Waals surface area contributed by atoms with Gasteiger partial charge >= 0.3 is 5.97 Å². The Morgan fingerprint density at radius 2 is 1.88 bits per heavy atom. The van der Waals surface area contributed by atoms with E-state index in [-0.39, 0.29) is 18.4 Å². The molecule has 1 atom stereocenters. The van der Waals surface area contributed by atoms with E-state index < -0.39 is 23.5 Å². The van der Waals surface area contributed by atoms with Crippen LogP contribution < -0.4 is 10.9 Å². The Morgan fingerprint density at radius 3 is 2.50 bits per heavy atom. The van der Waals surface area contributed by atoms with Gasteiger partial charge in [-0.2, -0.15) is 5.10 Å². The summed E-state index contributed by atoms with van der Waals surface area (Å²) >= 11 is 0. The molecule has 0 bridgehead atoms. The highest BCUT2D eigenvalue weighted by Crippen LogP contribution is 2.11. The van der Waals surface area contributed by atoms with Gasteiger partial charge in [-0.05, 0) is 37.8 Å². The van der Waals surface area contributed by atoms with Gasteiger partial charge in [0.2, 0.25) is 0 Å². The van der Waals surface area contributed by atoms with Crippen molar-refractivity contribution in [2.75, 3.05) is 0 Å². The monoisotopic (exact) mass is 357 g/mol. The average molecular weight is 357 g/mol. The second-order valence-electron chi connectivity index (χ2n) is 6.31. The van der Waals surface area contributed by atoms with Crippen molar-refractivity contribution in [2.45, 2.75) is 39.2 Å². The Morgan fingerprint density at radius 1 is 1.23 bits per heavy atom. The van der Waals surface area contributed by atoms with Gasteiger partial charge in [-0.25, -0.2) is 4.68 Å². The first-order chi connectivity index (χ1) is 12.3. The zero-order chi connectivity index (χ0) is 19.3. The van der Waals surface area contributed by atoms with Crippen molar-refractivity contribution in [3.8, 4) is 0 Å². The van der Waals surface area contributed by atoms with Crippen LogP contribution in [0.25, 0.3) is 0 Å². The predicted octanol–water partition coefficient (Wildman–Crippen LogP) is 1.60. The van der Waals surface area contributed by atoms with Crippen molar-refractivity contribution in [1.82, 2.24) is 15.1 Å². The van der Waals surface area contributed by atoms with Crippen molar-refractivity contribution in [1.29, 1.82) is 0 Å². The number of benzene rings is 1. The lowest BCUT2D eigenvalue weighted by Gasteiger charge is -2.19. The lowest BCUT2D eigenvalue weighted by Crippen LogP contribution is -2.41. The third kappa shape index (κ3) is 4.78. The molecule has 7 nitrogen and oxygen atoms in total. The van der Waals surface area contributed by atoms with E-state index in [0.29, 0.717) is 17.7 Å². The quantitative estimate of drug-likeness (QED) is 0.784. The zero-order valence-corrected chi connectivity index (χ0v) is 15.2. The Hall–Kier alpha value is -2.96. The van der Waals surface area contributed by atoms with Gasteiger partial charge in [-0.15, -0.1) is 0 Å². The molecule has 7 heteroatoms. The molecule has 0 aliphatic carbocycles. The van der Waals surface area contributed by atoms with E-state index in [1.165, 1.54) is 7.05 Å². The van der Waals surface area contributed by atoms with Crippen LogP contribution in [0.2, 0.25) is 0 Å². The largest absolute Gasteiger partial charge is 0.481 e. The number of carboxylic acid groups (broad SMARTS) is 1. The summed E-state index contributed by atoms with van der Waals surface area (Å²) in [5.74, 6) is -1.43. The molecule has 2 N–H and O–H groups in total. The average Bonchev–Trinajstić information content (AvgIpc) is 2.59. The van der Waals surface area contributed by atoms with Gasteiger partial charge in [0.15, 0.2) is 0 Å². The highest BCUT2D eigenvalue weighted by Gasteiger charge is 2.21. The van der Waals surface area contributed by atoms with Gasteiger partial charge < -0.3 is 10.4 Å². The van der Waals surface area contributed by atoms with Crippen molar-refractivity contribution in [3.63, 3.8) is 0 Å². The Kier molecular flexibility index (Phi) is 6.27. The molecule has 1 amide bonds. The first-order valence-electron chi connectivity index (χ1n) is 8.40. The van der Waals surface area contributed by atoms with Crippen molar-refractivity contribution < 1.29 is 14.7 Å². The number of aliphatic carboxylic acids is 1. The second-order valence-corrected chi connectivity index (χ2v) is 6.31. The van der Waals surface area contributed by atoms with Gasteiger partial charge in [0.25, 0.3) is 11.5 Å². The molecule has 138 valence electrons. The number of nitrogens with one attached hydrogen (secondary N) is 1. The molecule has 2 rings (SSSR count). The molecule has 0 aliphatic rings. The van der Waals surface area contributed by atoms with E-state index in [4.69, 9.17) is 5.11 Å². The molecule has 0 saturated heterocycles. The molecule has 0 aliphatic heterocycles. The molecule has 0 spiro atoms. The number of aryl methyl sites for hydroxylation is 2. The highest BCUT2D eigenvalue weighted by atomic mass is 16.4. The standard InChI is InChI=1S/C19H23N3O4/c1-12-13(2)21-22(3)19(26)17(12)18(25)20-15(9-10-16(23)24)11-14-7-5-4-6-8-14/h4-8,15H,9-11H2,1-3H3,(H,20,25)(H,23,24). The minimum Gasteiger partial charge on any atom is -0.481 e. The molecule has 0 fully saturated rings. The SMILES string of the molecule is Cc1nn(C)c(=O)c(C(=O)NC(CCC(=O)O)Cc2ccccc2)c1C. The molecule has 1 aromatic carbocycles. The molecule has 0 radical (unpaired) electrons. The Bertz CT molecular complexity index is 859. The molecule has 1 unspecified atom stereocenters. The second kappa shape index (κ2) is 8.42. The van der Waals surface area contributed by atoms with Gasteiger partial charge in [0.1, 0.15) is 5.56 Å². The normalized spacial score (nSPS) is 11.8. The number of nitrogens with zero attached hydrogens (tertiary/aromatic N) is 2. The zero-order valence-electron chi connectivity index (χ0n) is 15.2. The van der Waals surface area contributed by atoms with Crippen LogP contribution in [0.5, 0.6) is 0 Å². The minimum atomic E-state index is -0.927. The fourth-order valence-corrected chi connectivity index (χ4v) is 2.80. The van der Waals surface area contributed by atoms with E-state index in [1.807, 2.05) is 30.3 Å². The molecule has 2 aromatic rings. The van der Waals surface area contributed by atoms with Crippen molar-refractivity contribution >= 4 is 11.9 Å². The summed E-state index contributed by atoms with van der Waals surface area (Å²) in [6.45, 7) is 3.42. The van der Waals surface area contributed by atoms with E-state index in [9.17, 15) is 14.4 Å². The maximum absolute atomic E-state index is 12.7. The number of carbonyl (C=O) groups excluding carboxylic acids is 1. The minimum absolute atomic E-state index is 0.0494. The summed E-state index contributed by atoms with van der Waals surface area (Å²) in [6, 6.07) is 9.11. The lowest BCUT2D eigenvalue weighted by molar-refractivity contribution is -0.137. The molecular formula is C19H23N3O4. The maximum atomic E-state index is 12.7. The first-order valence-corrected chi connectivity index (χ1v) is 8.40. The summed E-state index contributed by atoms with van der Waals surface area (Å²) < 4.78 is 1.14. The molecule has 1 heterocycles. The van der Waals surface area contributed by atoms with E-state index in [1.54, 1.807) is 13.8 Å². The van der Waals surface area contributed by atoms with Crippen LogP contribution in [-0.2, 0) is 18.3 Å². The highest BCUT2D eigenvalue weighted by molar-refractivity contribution is 5.95. The van der Waals surface area contributed by atoms with E-state index in [0.717, 1.165) is 10.2 Å². The Labute approximate surface area is 151 Å². The Balaban J connectivity index is 2.26. The van der Waals surface area contributed by atoms with Gasteiger partial charge in [-0.1, -0.05) is 30.3 Å². The number of hydrogen-bond acceptors (Lipinski definition) is 4. The number of hydrogen-bond donors (Lipinski definition) is 2. The van der Waals surface area contributed by atoms with Crippen LogP contribution in [0.15, 0.2) is 35.1 Å². The summed E-state index contributed by atoms with van der Waals surface area (Å²) in [4.78, 5) is 36.0. The molecule has 0 saturated carbocycles. The third-order valence-electron chi connectivity index (χ3n) is 4.32. The van der Waals surface area contributed by atoms with Crippen LogP contribution in [0.4, 0.5) is 0 Å². The number of aromatic nitrogens is 2. The molecule has 1 aromatic heterocycles. The maximum Gasteiger partial charge on any atom is 0.303 e.